The minimum Gasteiger partial charge on any atom is -0.504 e. The van der Waals surface area contributed by atoms with Gasteiger partial charge in [0.15, 0.2) is 23.0 Å². The van der Waals surface area contributed by atoms with Crippen LogP contribution < -0.4 is 14.8 Å². The standard InChI is InChI=1S/C20H19NO5/c22-16-7-5-15(11-17(16)23)9-10-21-20(24)4-2-1-3-14-6-8-18-19(12-14)26-13-25-18/h1-8,11-12,22-23H,9-10,13H2,(H,21,24)/b3-1+,4-2+. The van der Waals surface area contributed by atoms with Gasteiger partial charge in [0, 0.05) is 12.6 Å². The number of amides is 1. The molecule has 0 fully saturated rings. The zero-order valence-electron chi connectivity index (χ0n) is 14.0. The Hall–Kier alpha value is -3.41. The molecule has 6 nitrogen and oxygen atoms in total. The molecule has 3 rings (SSSR count). The molecule has 134 valence electrons. The number of aromatic hydroxyl groups is 2. The van der Waals surface area contributed by atoms with Crippen molar-refractivity contribution in [1.82, 2.24) is 5.32 Å². The number of fused-ring (bicyclic) bond motifs is 1. The molecule has 2 aromatic rings. The molecule has 0 aromatic heterocycles. The molecule has 0 unspecified atom stereocenters. The van der Waals surface area contributed by atoms with Crippen molar-refractivity contribution in [2.45, 2.75) is 6.42 Å². The Kier molecular flexibility index (Phi) is 5.43. The zero-order valence-corrected chi connectivity index (χ0v) is 14.0. The number of carbonyl (C=O) groups is 1. The van der Waals surface area contributed by atoms with Crippen molar-refractivity contribution in [2.75, 3.05) is 13.3 Å². The molecule has 3 N–H and O–H groups in total. The predicted molar refractivity (Wildman–Crippen MR) is 97.2 cm³/mol. The molecule has 0 radical (unpaired) electrons. The van der Waals surface area contributed by atoms with Crippen molar-refractivity contribution in [1.29, 1.82) is 0 Å². The van der Waals surface area contributed by atoms with E-state index in [1.54, 1.807) is 18.2 Å². The number of carbonyl (C=O) groups excluding carboxylic acids is 1. The molecule has 1 heterocycles. The molecular weight excluding hydrogens is 334 g/mol. The average Bonchev–Trinajstić information content (AvgIpc) is 3.09. The SMILES string of the molecule is O=C(/C=C/C=C/c1ccc2c(c1)OCO2)NCCc1ccc(O)c(O)c1. The summed E-state index contributed by atoms with van der Waals surface area (Å²) in [6, 6.07) is 10.2. The van der Waals surface area contributed by atoms with Crippen LogP contribution >= 0.6 is 0 Å². The molecule has 0 saturated heterocycles. The molecule has 0 atom stereocenters. The van der Waals surface area contributed by atoms with Crippen molar-refractivity contribution in [2.24, 2.45) is 0 Å². The minimum atomic E-state index is -0.205. The first-order valence-corrected chi connectivity index (χ1v) is 8.15. The maximum absolute atomic E-state index is 11.8. The first-order valence-electron chi connectivity index (χ1n) is 8.15. The number of hydrogen-bond donors (Lipinski definition) is 3. The smallest absolute Gasteiger partial charge is 0.243 e. The van der Waals surface area contributed by atoms with Crippen LogP contribution in [-0.4, -0.2) is 29.5 Å². The van der Waals surface area contributed by atoms with Gasteiger partial charge in [0.1, 0.15) is 0 Å². The molecule has 0 saturated carbocycles. The average molecular weight is 353 g/mol. The van der Waals surface area contributed by atoms with Crippen LogP contribution in [-0.2, 0) is 11.2 Å². The molecule has 1 amide bonds. The van der Waals surface area contributed by atoms with Gasteiger partial charge in [-0.3, -0.25) is 4.79 Å². The van der Waals surface area contributed by atoms with E-state index < -0.39 is 0 Å². The van der Waals surface area contributed by atoms with E-state index in [-0.39, 0.29) is 24.2 Å². The highest BCUT2D eigenvalue weighted by Crippen LogP contribution is 2.32. The molecule has 1 aliphatic rings. The second kappa shape index (κ2) is 8.11. The summed E-state index contributed by atoms with van der Waals surface area (Å²) in [5.74, 6) is 0.925. The normalized spacial score (nSPS) is 12.8. The van der Waals surface area contributed by atoms with E-state index in [0.717, 1.165) is 16.9 Å². The van der Waals surface area contributed by atoms with Crippen LogP contribution in [0.25, 0.3) is 6.08 Å². The van der Waals surface area contributed by atoms with E-state index in [9.17, 15) is 15.0 Å². The lowest BCUT2D eigenvalue weighted by Gasteiger charge is -2.04. The van der Waals surface area contributed by atoms with Gasteiger partial charge in [-0.2, -0.15) is 0 Å². The summed E-state index contributed by atoms with van der Waals surface area (Å²) in [6.07, 6.45) is 7.30. The van der Waals surface area contributed by atoms with Gasteiger partial charge in [-0.25, -0.2) is 0 Å². The van der Waals surface area contributed by atoms with Gasteiger partial charge in [-0.15, -0.1) is 0 Å². The summed E-state index contributed by atoms with van der Waals surface area (Å²) in [4.78, 5) is 11.8. The zero-order chi connectivity index (χ0) is 18.4. The van der Waals surface area contributed by atoms with Crippen molar-refractivity contribution < 1.29 is 24.5 Å². The molecule has 6 heteroatoms. The number of phenolic OH excluding ortho intramolecular Hbond substituents is 2. The maximum Gasteiger partial charge on any atom is 0.243 e. The van der Waals surface area contributed by atoms with Crippen LogP contribution in [0.4, 0.5) is 0 Å². The Morgan fingerprint density at radius 3 is 2.73 bits per heavy atom. The fourth-order valence-electron chi connectivity index (χ4n) is 2.44. The van der Waals surface area contributed by atoms with Crippen molar-refractivity contribution >= 4 is 12.0 Å². The van der Waals surface area contributed by atoms with Crippen LogP contribution in [0.2, 0.25) is 0 Å². The third kappa shape index (κ3) is 4.57. The molecule has 26 heavy (non-hydrogen) atoms. The number of nitrogens with one attached hydrogen (secondary N) is 1. The van der Waals surface area contributed by atoms with Crippen LogP contribution in [0.1, 0.15) is 11.1 Å². The quantitative estimate of drug-likeness (QED) is 0.422. The Balaban J connectivity index is 1.43. The van der Waals surface area contributed by atoms with E-state index in [1.807, 2.05) is 24.3 Å². The fourth-order valence-corrected chi connectivity index (χ4v) is 2.44. The molecule has 0 aliphatic carbocycles. The third-order valence-electron chi connectivity index (χ3n) is 3.80. The molecule has 0 bridgehead atoms. The monoisotopic (exact) mass is 353 g/mol. The lowest BCUT2D eigenvalue weighted by molar-refractivity contribution is -0.116. The first kappa shape index (κ1) is 17.4. The summed E-state index contributed by atoms with van der Waals surface area (Å²) in [6.45, 7) is 0.672. The van der Waals surface area contributed by atoms with E-state index in [4.69, 9.17) is 9.47 Å². The third-order valence-corrected chi connectivity index (χ3v) is 3.80. The van der Waals surface area contributed by atoms with E-state index >= 15 is 0 Å². The van der Waals surface area contributed by atoms with Gasteiger partial charge < -0.3 is 25.0 Å². The summed E-state index contributed by atoms with van der Waals surface area (Å²) in [5, 5.41) is 21.4. The number of ether oxygens (including phenoxy) is 2. The molecule has 0 spiro atoms. The van der Waals surface area contributed by atoms with E-state index in [0.29, 0.717) is 18.7 Å². The Morgan fingerprint density at radius 2 is 1.88 bits per heavy atom. The number of allylic oxidation sites excluding steroid dienone is 2. The van der Waals surface area contributed by atoms with Crippen molar-refractivity contribution in [3.8, 4) is 23.0 Å². The second-order valence-electron chi connectivity index (χ2n) is 5.70. The van der Waals surface area contributed by atoms with Crippen LogP contribution in [0, 0.1) is 0 Å². The number of phenols is 2. The largest absolute Gasteiger partial charge is 0.504 e. The van der Waals surface area contributed by atoms with Gasteiger partial charge in [0.05, 0.1) is 0 Å². The maximum atomic E-state index is 11.8. The Morgan fingerprint density at radius 1 is 1.04 bits per heavy atom. The Bertz CT molecular complexity index is 857. The minimum absolute atomic E-state index is 0.157. The summed E-state index contributed by atoms with van der Waals surface area (Å²) >= 11 is 0. The van der Waals surface area contributed by atoms with Gasteiger partial charge >= 0.3 is 0 Å². The van der Waals surface area contributed by atoms with Gasteiger partial charge in [0.2, 0.25) is 12.7 Å². The van der Waals surface area contributed by atoms with E-state index in [1.165, 1.54) is 18.2 Å². The van der Waals surface area contributed by atoms with Crippen LogP contribution in [0.5, 0.6) is 23.0 Å². The van der Waals surface area contributed by atoms with Gasteiger partial charge in [-0.1, -0.05) is 30.4 Å². The van der Waals surface area contributed by atoms with Crippen molar-refractivity contribution in [3.05, 3.63) is 65.8 Å². The van der Waals surface area contributed by atoms with Crippen LogP contribution in [0.3, 0.4) is 0 Å². The van der Waals surface area contributed by atoms with Crippen molar-refractivity contribution in [3.63, 3.8) is 0 Å². The summed E-state index contributed by atoms with van der Waals surface area (Å²) < 4.78 is 10.6. The summed E-state index contributed by atoms with van der Waals surface area (Å²) in [7, 11) is 0. The first-order chi connectivity index (χ1) is 12.6. The fraction of sp³-hybridized carbons (Fsp3) is 0.150. The van der Waals surface area contributed by atoms with E-state index in [2.05, 4.69) is 5.32 Å². The van der Waals surface area contributed by atoms with Crippen LogP contribution in [0.15, 0.2) is 54.6 Å². The lowest BCUT2D eigenvalue weighted by Crippen LogP contribution is -2.23. The molecular formula is C20H19NO5. The highest BCUT2D eigenvalue weighted by Gasteiger charge is 2.11. The Labute approximate surface area is 151 Å². The van der Waals surface area contributed by atoms with Gasteiger partial charge in [-0.05, 0) is 41.8 Å². The van der Waals surface area contributed by atoms with Gasteiger partial charge in [0.25, 0.3) is 0 Å². The summed E-state index contributed by atoms with van der Waals surface area (Å²) in [5.41, 5.74) is 1.78. The number of hydrogen-bond acceptors (Lipinski definition) is 5. The topological polar surface area (TPSA) is 88.0 Å². The molecule has 1 aliphatic heterocycles. The highest BCUT2D eigenvalue weighted by atomic mass is 16.7. The highest BCUT2D eigenvalue weighted by molar-refractivity contribution is 5.87. The molecule has 2 aromatic carbocycles. The lowest BCUT2D eigenvalue weighted by atomic mass is 10.1. The number of benzene rings is 2. The second-order valence-corrected chi connectivity index (χ2v) is 5.70. The predicted octanol–water partition coefficient (Wildman–Crippen LogP) is 2.75. The number of rotatable bonds is 6.